The fourth-order valence-corrected chi connectivity index (χ4v) is 1.16. The highest BCUT2D eigenvalue weighted by molar-refractivity contribution is 5.95. The molecule has 0 aliphatic carbocycles. The summed E-state index contributed by atoms with van der Waals surface area (Å²) in [5.74, 6) is 0.133. The third kappa shape index (κ3) is 3.38. The third-order valence-corrected chi connectivity index (χ3v) is 1.89. The van der Waals surface area contributed by atoms with Crippen LogP contribution in [-0.2, 0) is 5.11 Å². The first-order valence-electron chi connectivity index (χ1n) is 4.51. The van der Waals surface area contributed by atoms with Crippen LogP contribution in [0.4, 0.5) is 0 Å². The van der Waals surface area contributed by atoms with Crippen molar-refractivity contribution in [2.75, 3.05) is 6.61 Å². The van der Waals surface area contributed by atoms with Gasteiger partial charge in [-0.1, -0.05) is 30.3 Å². The Labute approximate surface area is 78.2 Å². The monoisotopic (exact) mass is 177 g/mol. The molecule has 2 nitrogen and oxygen atoms in total. The predicted molar refractivity (Wildman–Crippen MR) is 50.2 cm³/mol. The second-order valence-electron chi connectivity index (χ2n) is 2.95. The molecule has 1 rings (SSSR count). The van der Waals surface area contributed by atoms with Crippen LogP contribution in [0.5, 0.6) is 0 Å². The number of carbonyl (C=O) groups is 1. The molecule has 1 aromatic carbocycles. The van der Waals surface area contributed by atoms with E-state index < -0.39 is 0 Å². The molecular weight excluding hydrogens is 164 g/mol. The normalized spacial score (nSPS) is 9.92. The van der Waals surface area contributed by atoms with Gasteiger partial charge in [-0.3, -0.25) is 4.79 Å². The minimum absolute atomic E-state index is 0.0813. The van der Waals surface area contributed by atoms with Gasteiger partial charge in [0.05, 0.1) is 6.61 Å². The van der Waals surface area contributed by atoms with Crippen LogP contribution in [0.15, 0.2) is 30.3 Å². The van der Waals surface area contributed by atoms with Gasteiger partial charge in [-0.15, -0.1) is 0 Å². The maximum Gasteiger partial charge on any atom is 0.162 e. The highest BCUT2D eigenvalue weighted by Crippen LogP contribution is 2.05. The number of unbranched alkanes of at least 4 members (excludes halogenated alkanes) is 1. The van der Waals surface area contributed by atoms with Crippen molar-refractivity contribution in [1.29, 1.82) is 0 Å². The first-order valence-corrected chi connectivity index (χ1v) is 4.51. The van der Waals surface area contributed by atoms with Gasteiger partial charge in [0.15, 0.2) is 5.78 Å². The summed E-state index contributed by atoms with van der Waals surface area (Å²) in [6, 6.07) is 9.19. The average Bonchev–Trinajstić information content (AvgIpc) is 2.19. The lowest BCUT2D eigenvalue weighted by Crippen LogP contribution is -1.98. The molecule has 0 atom stereocenters. The van der Waals surface area contributed by atoms with Gasteiger partial charge in [0.2, 0.25) is 0 Å². The molecule has 69 valence electrons. The molecule has 0 spiro atoms. The summed E-state index contributed by atoms with van der Waals surface area (Å²) in [5.41, 5.74) is 0.744. The molecule has 0 N–H and O–H groups in total. The summed E-state index contributed by atoms with van der Waals surface area (Å²) in [6.07, 6.45) is 1.79. The van der Waals surface area contributed by atoms with Crippen LogP contribution in [0.3, 0.4) is 0 Å². The van der Waals surface area contributed by atoms with Crippen molar-refractivity contribution in [3.8, 4) is 0 Å². The molecule has 0 fully saturated rings. The van der Waals surface area contributed by atoms with Gasteiger partial charge >= 0.3 is 0 Å². The average molecular weight is 177 g/mol. The molecule has 13 heavy (non-hydrogen) atoms. The minimum atomic E-state index is -0.0813. The summed E-state index contributed by atoms with van der Waals surface area (Å²) in [6.45, 7) is -0.0813. The molecular formula is C11H13O2. The van der Waals surface area contributed by atoms with Gasteiger partial charge in [0.25, 0.3) is 0 Å². The second-order valence-corrected chi connectivity index (χ2v) is 2.95. The quantitative estimate of drug-likeness (QED) is 0.502. The van der Waals surface area contributed by atoms with Crippen molar-refractivity contribution in [1.82, 2.24) is 0 Å². The molecule has 0 aliphatic rings. The number of ketones is 1. The van der Waals surface area contributed by atoms with Crippen molar-refractivity contribution in [2.24, 2.45) is 0 Å². The van der Waals surface area contributed by atoms with Crippen molar-refractivity contribution in [3.63, 3.8) is 0 Å². The molecule has 2 heteroatoms. The van der Waals surface area contributed by atoms with E-state index in [4.69, 9.17) is 0 Å². The molecule has 0 amide bonds. The predicted octanol–water partition coefficient (Wildman–Crippen LogP) is 2.47. The zero-order chi connectivity index (χ0) is 9.52. The van der Waals surface area contributed by atoms with Crippen molar-refractivity contribution in [3.05, 3.63) is 35.9 Å². The Balaban J connectivity index is 2.40. The Morgan fingerprint density at radius 2 is 1.77 bits per heavy atom. The maximum absolute atomic E-state index is 11.4. The topological polar surface area (TPSA) is 37.0 Å². The van der Waals surface area contributed by atoms with E-state index in [0.717, 1.165) is 5.56 Å². The van der Waals surface area contributed by atoms with Gasteiger partial charge in [0, 0.05) is 12.0 Å². The standard InChI is InChI=1S/C11H13O2/c12-9-5-4-8-11(13)10-6-2-1-3-7-10/h1-3,6-7H,4-5,8-9H2. The van der Waals surface area contributed by atoms with Crippen LogP contribution in [0, 0.1) is 0 Å². The van der Waals surface area contributed by atoms with E-state index in [0.29, 0.717) is 19.3 Å². The fraction of sp³-hybridized carbons (Fsp3) is 0.364. The van der Waals surface area contributed by atoms with Crippen LogP contribution in [0.2, 0.25) is 0 Å². The lowest BCUT2D eigenvalue weighted by atomic mass is 10.1. The summed E-state index contributed by atoms with van der Waals surface area (Å²) >= 11 is 0. The summed E-state index contributed by atoms with van der Waals surface area (Å²) in [5, 5.41) is 10.1. The van der Waals surface area contributed by atoms with E-state index in [1.165, 1.54) is 0 Å². The van der Waals surface area contributed by atoms with E-state index in [-0.39, 0.29) is 12.4 Å². The van der Waals surface area contributed by atoms with E-state index in [2.05, 4.69) is 0 Å². The highest BCUT2D eigenvalue weighted by Gasteiger charge is 2.03. The van der Waals surface area contributed by atoms with Crippen LogP contribution in [-0.4, -0.2) is 12.4 Å². The molecule has 1 radical (unpaired) electrons. The Morgan fingerprint density at radius 1 is 1.08 bits per heavy atom. The lowest BCUT2D eigenvalue weighted by Gasteiger charge is -1.98. The smallest absolute Gasteiger partial charge is 0.162 e. The number of hydrogen-bond donors (Lipinski definition) is 0. The van der Waals surface area contributed by atoms with Crippen molar-refractivity contribution >= 4 is 5.78 Å². The van der Waals surface area contributed by atoms with E-state index in [1.54, 1.807) is 12.1 Å². The molecule has 0 aliphatic heterocycles. The highest BCUT2D eigenvalue weighted by atomic mass is 16.2. The SMILES string of the molecule is [O]CCCCC(=O)c1ccccc1. The Bertz CT molecular complexity index is 254. The first-order chi connectivity index (χ1) is 6.34. The second kappa shape index (κ2) is 5.49. The molecule has 0 heterocycles. The van der Waals surface area contributed by atoms with Crippen LogP contribution >= 0.6 is 0 Å². The molecule has 1 aromatic rings. The van der Waals surface area contributed by atoms with E-state index in [1.807, 2.05) is 18.2 Å². The van der Waals surface area contributed by atoms with Crippen LogP contribution in [0.25, 0.3) is 0 Å². The summed E-state index contributed by atoms with van der Waals surface area (Å²) < 4.78 is 0. The summed E-state index contributed by atoms with van der Waals surface area (Å²) in [4.78, 5) is 11.4. The lowest BCUT2D eigenvalue weighted by molar-refractivity contribution is 0.0974. The molecule has 0 unspecified atom stereocenters. The molecule has 0 saturated heterocycles. The summed E-state index contributed by atoms with van der Waals surface area (Å²) in [7, 11) is 0. The third-order valence-electron chi connectivity index (χ3n) is 1.89. The van der Waals surface area contributed by atoms with E-state index >= 15 is 0 Å². The van der Waals surface area contributed by atoms with Gasteiger partial charge in [-0.2, -0.15) is 0 Å². The number of hydrogen-bond acceptors (Lipinski definition) is 1. The zero-order valence-corrected chi connectivity index (χ0v) is 7.53. The zero-order valence-electron chi connectivity index (χ0n) is 7.53. The Kier molecular flexibility index (Phi) is 4.19. The maximum atomic E-state index is 11.4. The van der Waals surface area contributed by atoms with Gasteiger partial charge < -0.3 is 0 Å². The van der Waals surface area contributed by atoms with E-state index in [9.17, 15) is 9.90 Å². The molecule has 0 aromatic heterocycles. The number of benzene rings is 1. The minimum Gasteiger partial charge on any atom is -0.294 e. The number of carbonyl (C=O) groups excluding carboxylic acids is 1. The van der Waals surface area contributed by atoms with Gasteiger partial charge in [-0.25, -0.2) is 5.11 Å². The van der Waals surface area contributed by atoms with Gasteiger partial charge in [0.1, 0.15) is 0 Å². The van der Waals surface area contributed by atoms with Crippen LogP contribution < -0.4 is 0 Å². The van der Waals surface area contributed by atoms with Crippen molar-refractivity contribution < 1.29 is 9.90 Å². The largest absolute Gasteiger partial charge is 0.294 e. The fourth-order valence-electron chi connectivity index (χ4n) is 1.16. The number of Topliss-reactive ketones (excluding diaryl/α,β-unsaturated/α-hetero) is 1. The Morgan fingerprint density at radius 3 is 2.38 bits per heavy atom. The Hall–Kier alpha value is -1.15. The first kappa shape index (κ1) is 9.93. The molecule has 0 saturated carbocycles. The molecule has 0 bridgehead atoms. The van der Waals surface area contributed by atoms with Gasteiger partial charge in [-0.05, 0) is 12.8 Å². The van der Waals surface area contributed by atoms with Crippen molar-refractivity contribution in [2.45, 2.75) is 19.3 Å². The number of rotatable bonds is 5. The van der Waals surface area contributed by atoms with Crippen LogP contribution in [0.1, 0.15) is 29.6 Å².